The molecule has 2 aromatic rings. The first-order chi connectivity index (χ1) is 15.7. The summed E-state index contributed by atoms with van der Waals surface area (Å²) in [5, 5.41) is 6.86. The molecular formula is C24H34N4O4. The molecule has 3 rings (SSSR count). The van der Waals surface area contributed by atoms with E-state index in [9.17, 15) is 0 Å². The molecule has 0 saturated carbocycles. The van der Waals surface area contributed by atoms with Crippen LogP contribution in [0, 0.1) is 0 Å². The minimum atomic E-state index is 0.190. The lowest BCUT2D eigenvalue weighted by Gasteiger charge is -2.35. The van der Waals surface area contributed by atoms with Crippen LogP contribution in [0.1, 0.15) is 17.2 Å². The van der Waals surface area contributed by atoms with Crippen LogP contribution in [0.3, 0.4) is 0 Å². The van der Waals surface area contributed by atoms with Gasteiger partial charge in [-0.3, -0.25) is 9.89 Å². The van der Waals surface area contributed by atoms with Crippen LogP contribution in [0.5, 0.6) is 17.2 Å². The second kappa shape index (κ2) is 12.2. The summed E-state index contributed by atoms with van der Waals surface area (Å²) < 4.78 is 21.8. The van der Waals surface area contributed by atoms with E-state index in [1.54, 1.807) is 28.4 Å². The number of para-hydroxylation sites is 1. The van der Waals surface area contributed by atoms with Gasteiger partial charge in [-0.15, -0.1) is 0 Å². The topological polar surface area (TPSA) is 76.6 Å². The number of guanidine groups is 1. The molecule has 0 spiro atoms. The van der Waals surface area contributed by atoms with Crippen LogP contribution in [0.2, 0.25) is 0 Å². The van der Waals surface area contributed by atoms with Crippen molar-refractivity contribution in [2.45, 2.75) is 12.6 Å². The Balaban J connectivity index is 1.67. The van der Waals surface area contributed by atoms with Gasteiger partial charge in [0.15, 0.2) is 17.5 Å². The lowest BCUT2D eigenvalue weighted by Crippen LogP contribution is -2.46. The van der Waals surface area contributed by atoms with E-state index in [0.717, 1.165) is 49.3 Å². The van der Waals surface area contributed by atoms with Crippen molar-refractivity contribution in [3.63, 3.8) is 0 Å². The maximum absolute atomic E-state index is 5.56. The normalized spacial score (nSPS) is 15.7. The van der Waals surface area contributed by atoms with Crippen LogP contribution in [0.15, 0.2) is 47.5 Å². The van der Waals surface area contributed by atoms with E-state index in [1.165, 1.54) is 5.56 Å². The molecule has 32 heavy (non-hydrogen) atoms. The zero-order valence-electron chi connectivity index (χ0n) is 19.4. The second-order valence-electron chi connectivity index (χ2n) is 7.40. The number of nitrogens with zero attached hydrogens (tertiary/aromatic N) is 2. The van der Waals surface area contributed by atoms with E-state index >= 15 is 0 Å². The molecule has 1 unspecified atom stereocenters. The Morgan fingerprint density at radius 3 is 2.38 bits per heavy atom. The maximum atomic E-state index is 5.56. The van der Waals surface area contributed by atoms with Gasteiger partial charge in [-0.1, -0.05) is 24.3 Å². The smallest absolute Gasteiger partial charge is 0.191 e. The molecule has 2 N–H and O–H groups in total. The number of hydrogen-bond donors (Lipinski definition) is 2. The predicted octanol–water partition coefficient (Wildman–Crippen LogP) is 2.45. The average Bonchev–Trinajstić information content (AvgIpc) is 2.86. The number of methoxy groups -OCH3 is 3. The van der Waals surface area contributed by atoms with E-state index < -0.39 is 0 Å². The molecule has 0 radical (unpaired) electrons. The van der Waals surface area contributed by atoms with Crippen molar-refractivity contribution in [1.29, 1.82) is 0 Å². The Hall–Kier alpha value is -2.97. The van der Waals surface area contributed by atoms with Crippen molar-refractivity contribution < 1.29 is 18.9 Å². The molecule has 1 heterocycles. The van der Waals surface area contributed by atoms with Gasteiger partial charge in [-0.25, -0.2) is 0 Å². The second-order valence-corrected chi connectivity index (χ2v) is 7.40. The van der Waals surface area contributed by atoms with Crippen LogP contribution in [-0.2, 0) is 11.3 Å². The highest BCUT2D eigenvalue weighted by molar-refractivity contribution is 5.79. The summed E-state index contributed by atoms with van der Waals surface area (Å²) in [6.07, 6.45) is 0. The number of aliphatic imine (C=N–C) groups is 1. The van der Waals surface area contributed by atoms with Crippen LogP contribution >= 0.6 is 0 Å². The standard InChI is InChI=1S/C24H34N4O4/c1-25-24(26-16-19-6-5-7-22(30-3)23(19)31-4)27-17-21(28-12-14-32-15-13-28)18-8-10-20(29-2)11-9-18/h5-11,21H,12-17H2,1-4H3,(H2,25,26,27). The van der Waals surface area contributed by atoms with E-state index in [0.29, 0.717) is 18.8 Å². The lowest BCUT2D eigenvalue weighted by molar-refractivity contribution is 0.0170. The molecule has 1 atom stereocenters. The van der Waals surface area contributed by atoms with Crippen LogP contribution in [-0.4, -0.2) is 72.1 Å². The highest BCUT2D eigenvalue weighted by Crippen LogP contribution is 2.30. The van der Waals surface area contributed by atoms with Crippen molar-refractivity contribution in [1.82, 2.24) is 15.5 Å². The van der Waals surface area contributed by atoms with Crippen LogP contribution < -0.4 is 24.8 Å². The third kappa shape index (κ3) is 6.05. The minimum absolute atomic E-state index is 0.190. The first kappa shape index (κ1) is 23.7. The highest BCUT2D eigenvalue weighted by atomic mass is 16.5. The minimum Gasteiger partial charge on any atom is -0.497 e. The molecule has 1 aliphatic heterocycles. The Morgan fingerprint density at radius 1 is 1.00 bits per heavy atom. The van der Waals surface area contributed by atoms with Gasteiger partial charge in [-0.2, -0.15) is 0 Å². The van der Waals surface area contributed by atoms with Gasteiger partial charge in [-0.05, 0) is 23.8 Å². The summed E-state index contributed by atoms with van der Waals surface area (Å²) in [6.45, 7) is 4.55. The molecule has 1 saturated heterocycles. The number of ether oxygens (including phenoxy) is 4. The predicted molar refractivity (Wildman–Crippen MR) is 126 cm³/mol. The van der Waals surface area contributed by atoms with E-state index in [4.69, 9.17) is 18.9 Å². The zero-order chi connectivity index (χ0) is 22.8. The summed E-state index contributed by atoms with van der Waals surface area (Å²) in [6, 6.07) is 14.3. The summed E-state index contributed by atoms with van der Waals surface area (Å²) in [5.41, 5.74) is 2.22. The summed E-state index contributed by atoms with van der Waals surface area (Å²) >= 11 is 0. The number of nitrogens with one attached hydrogen (secondary N) is 2. The van der Waals surface area contributed by atoms with Crippen molar-refractivity contribution >= 4 is 5.96 Å². The first-order valence-corrected chi connectivity index (χ1v) is 10.8. The van der Waals surface area contributed by atoms with Gasteiger partial charge in [0.1, 0.15) is 5.75 Å². The zero-order valence-corrected chi connectivity index (χ0v) is 19.4. The van der Waals surface area contributed by atoms with Gasteiger partial charge in [0.05, 0.1) is 40.6 Å². The molecular weight excluding hydrogens is 408 g/mol. The molecule has 1 aliphatic rings. The molecule has 0 aromatic heterocycles. The third-order valence-electron chi connectivity index (χ3n) is 5.60. The molecule has 0 aliphatic carbocycles. The molecule has 0 bridgehead atoms. The third-order valence-corrected chi connectivity index (χ3v) is 5.60. The highest BCUT2D eigenvalue weighted by Gasteiger charge is 2.23. The van der Waals surface area contributed by atoms with Gasteiger partial charge in [0, 0.05) is 38.8 Å². The van der Waals surface area contributed by atoms with Gasteiger partial charge in [0.25, 0.3) is 0 Å². The number of hydrogen-bond acceptors (Lipinski definition) is 6. The summed E-state index contributed by atoms with van der Waals surface area (Å²) in [4.78, 5) is 6.84. The number of benzene rings is 2. The van der Waals surface area contributed by atoms with Crippen molar-refractivity contribution in [3.8, 4) is 17.2 Å². The largest absolute Gasteiger partial charge is 0.497 e. The van der Waals surface area contributed by atoms with Crippen LogP contribution in [0.4, 0.5) is 0 Å². The summed E-state index contributed by atoms with van der Waals surface area (Å²) in [7, 11) is 6.75. The Morgan fingerprint density at radius 2 is 1.75 bits per heavy atom. The quantitative estimate of drug-likeness (QED) is 0.456. The molecule has 174 valence electrons. The maximum Gasteiger partial charge on any atom is 0.191 e. The first-order valence-electron chi connectivity index (χ1n) is 10.8. The fourth-order valence-electron chi connectivity index (χ4n) is 3.86. The average molecular weight is 443 g/mol. The molecule has 1 fully saturated rings. The molecule has 8 heteroatoms. The fourth-order valence-corrected chi connectivity index (χ4v) is 3.86. The molecule has 2 aromatic carbocycles. The van der Waals surface area contributed by atoms with Crippen LogP contribution in [0.25, 0.3) is 0 Å². The lowest BCUT2D eigenvalue weighted by atomic mass is 10.0. The number of rotatable bonds is 9. The Labute approximate surface area is 190 Å². The van der Waals surface area contributed by atoms with Crippen molar-refractivity contribution in [2.24, 2.45) is 4.99 Å². The van der Waals surface area contributed by atoms with Crippen molar-refractivity contribution in [3.05, 3.63) is 53.6 Å². The Bertz CT molecular complexity index is 867. The SMILES string of the molecule is CN=C(NCc1cccc(OC)c1OC)NCC(c1ccc(OC)cc1)N1CCOCC1. The fraction of sp³-hybridized carbons (Fsp3) is 0.458. The van der Waals surface area contributed by atoms with E-state index in [1.807, 2.05) is 30.3 Å². The van der Waals surface area contributed by atoms with Gasteiger partial charge in [0.2, 0.25) is 0 Å². The summed E-state index contributed by atoms with van der Waals surface area (Å²) in [5.74, 6) is 3.01. The molecule has 8 nitrogen and oxygen atoms in total. The van der Waals surface area contributed by atoms with Gasteiger partial charge < -0.3 is 29.6 Å². The molecule has 0 amide bonds. The number of morpholine rings is 1. The van der Waals surface area contributed by atoms with Gasteiger partial charge >= 0.3 is 0 Å². The van der Waals surface area contributed by atoms with Crippen molar-refractivity contribution in [2.75, 3.05) is 61.2 Å². The van der Waals surface area contributed by atoms with E-state index in [2.05, 4.69) is 32.7 Å². The Kier molecular flexibility index (Phi) is 9.01. The monoisotopic (exact) mass is 442 g/mol. The van der Waals surface area contributed by atoms with E-state index in [-0.39, 0.29) is 6.04 Å².